The van der Waals surface area contributed by atoms with Crippen molar-refractivity contribution in [3.05, 3.63) is 112 Å². The minimum atomic E-state index is -1.54. The van der Waals surface area contributed by atoms with Gasteiger partial charge < -0.3 is 4.74 Å². The number of hydrogen-bond donors (Lipinski definition) is 0. The number of halogens is 5. The van der Waals surface area contributed by atoms with Crippen molar-refractivity contribution in [3.63, 3.8) is 0 Å². The fourth-order valence-electron chi connectivity index (χ4n) is 3.08. The summed E-state index contributed by atoms with van der Waals surface area (Å²) in [5.74, 6) is 5.76. The van der Waals surface area contributed by atoms with Gasteiger partial charge >= 0.3 is 0 Å². The highest BCUT2D eigenvalue weighted by molar-refractivity contribution is 5.84. The third kappa shape index (κ3) is 4.66. The smallest absolute Gasteiger partial charge is 0.195 e. The first-order valence-corrected chi connectivity index (χ1v) is 9.60. The molecule has 0 atom stereocenters. The van der Waals surface area contributed by atoms with Crippen LogP contribution in [0.15, 0.2) is 60.7 Å². The lowest BCUT2D eigenvalue weighted by atomic mass is 10.1. The molecule has 0 bridgehead atoms. The molecule has 4 rings (SSSR count). The lowest BCUT2D eigenvalue weighted by molar-refractivity contribution is 0.411. The minimum Gasteiger partial charge on any atom is -0.497 e. The molecular formula is C27H13F5O. The van der Waals surface area contributed by atoms with Crippen molar-refractivity contribution in [3.8, 4) is 29.4 Å². The first kappa shape index (κ1) is 21.9. The van der Waals surface area contributed by atoms with Crippen molar-refractivity contribution >= 4 is 10.8 Å². The SMILES string of the molecule is COc1ccc(C#Cc2ccc(C#Cc3ccc4c(F)c(F)c(F)cc4c3)c(F)c2)c(F)c1. The molecule has 0 fully saturated rings. The molecule has 0 radical (unpaired) electrons. The van der Waals surface area contributed by atoms with Crippen LogP contribution in [0.2, 0.25) is 0 Å². The monoisotopic (exact) mass is 448 g/mol. The molecule has 0 aliphatic carbocycles. The summed E-state index contributed by atoms with van der Waals surface area (Å²) in [6, 6.07) is 13.3. The summed E-state index contributed by atoms with van der Waals surface area (Å²) in [7, 11) is 1.42. The van der Waals surface area contributed by atoms with Crippen LogP contribution in [0, 0.1) is 52.8 Å². The molecule has 0 saturated carbocycles. The Morgan fingerprint density at radius 3 is 1.82 bits per heavy atom. The number of benzene rings is 4. The standard InChI is InChI=1S/C27H13F5O/c1-33-21-10-9-19(24(29)15-21)8-4-17-3-7-18(23(28)13-17)6-2-16-5-11-22-20(12-16)14-25(30)27(32)26(22)31/h3,5,7,9-15H,1H3. The van der Waals surface area contributed by atoms with E-state index in [-0.39, 0.29) is 21.9 Å². The van der Waals surface area contributed by atoms with E-state index in [1.165, 1.54) is 55.6 Å². The zero-order valence-corrected chi connectivity index (χ0v) is 17.1. The molecule has 162 valence electrons. The highest BCUT2D eigenvalue weighted by Crippen LogP contribution is 2.24. The van der Waals surface area contributed by atoms with Gasteiger partial charge in [-0.3, -0.25) is 0 Å². The van der Waals surface area contributed by atoms with Gasteiger partial charge in [0.25, 0.3) is 0 Å². The summed E-state index contributed by atoms with van der Waals surface area (Å²) in [5, 5.41) is 0.0527. The second-order valence-corrected chi connectivity index (χ2v) is 6.96. The normalized spacial score (nSPS) is 10.2. The molecule has 4 aromatic carbocycles. The van der Waals surface area contributed by atoms with Gasteiger partial charge in [-0.2, -0.15) is 0 Å². The predicted octanol–water partition coefficient (Wildman–Crippen LogP) is 6.34. The van der Waals surface area contributed by atoms with E-state index in [1.807, 2.05) is 0 Å². The van der Waals surface area contributed by atoms with E-state index in [1.54, 1.807) is 6.07 Å². The molecule has 0 N–H and O–H groups in total. The molecule has 0 aliphatic rings. The molecule has 0 aromatic heterocycles. The Morgan fingerprint density at radius 1 is 0.576 bits per heavy atom. The summed E-state index contributed by atoms with van der Waals surface area (Å²) < 4.78 is 74.0. The number of methoxy groups -OCH3 is 1. The van der Waals surface area contributed by atoms with Crippen LogP contribution in [0.5, 0.6) is 5.75 Å². The van der Waals surface area contributed by atoms with Crippen molar-refractivity contribution in [2.45, 2.75) is 0 Å². The third-order valence-corrected chi connectivity index (χ3v) is 4.80. The Balaban J connectivity index is 1.59. The Labute approximate surface area is 186 Å². The van der Waals surface area contributed by atoms with E-state index in [0.29, 0.717) is 16.9 Å². The second-order valence-electron chi connectivity index (χ2n) is 6.96. The van der Waals surface area contributed by atoms with Crippen LogP contribution in [0.3, 0.4) is 0 Å². The Bertz CT molecular complexity index is 1520. The largest absolute Gasteiger partial charge is 0.497 e. The van der Waals surface area contributed by atoms with Gasteiger partial charge in [0.15, 0.2) is 17.5 Å². The number of hydrogen-bond acceptors (Lipinski definition) is 1. The van der Waals surface area contributed by atoms with Gasteiger partial charge in [0.2, 0.25) is 0 Å². The maximum Gasteiger partial charge on any atom is 0.195 e. The van der Waals surface area contributed by atoms with Crippen LogP contribution in [0.4, 0.5) is 22.0 Å². The third-order valence-electron chi connectivity index (χ3n) is 4.80. The van der Waals surface area contributed by atoms with E-state index >= 15 is 0 Å². The first-order chi connectivity index (χ1) is 15.9. The summed E-state index contributed by atoms with van der Waals surface area (Å²) in [6.07, 6.45) is 0. The number of ether oxygens (including phenoxy) is 1. The molecule has 33 heavy (non-hydrogen) atoms. The quantitative estimate of drug-likeness (QED) is 0.188. The molecule has 0 saturated heterocycles. The maximum atomic E-state index is 14.5. The Hall–Kier alpha value is -4.29. The van der Waals surface area contributed by atoms with E-state index in [2.05, 4.69) is 23.7 Å². The molecule has 0 heterocycles. The average Bonchev–Trinajstić information content (AvgIpc) is 2.81. The van der Waals surface area contributed by atoms with Crippen LogP contribution < -0.4 is 4.74 Å². The molecule has 0 amide bonds. The van der Waals surface area contributed by atoms with Crippen LogP contribution in [0.1, 0.15) is 22.3 Å². The van der Waals surface area contributed by atoms with Crippen LogP contribution in [0.25, 0.3) is 10.8 Å². The van der Waals surface area contributed by atoms with E-state index in [9.17, 15) is 22.0 Å². The summed E-state index contributed by atoms with van der Waals surface area (Å²) in [4.78, 5) is 0. The molecule has 0 aliphatic heterocycles. The molecule has 4 aromatic rings. The number of fused-ring (bicyclic) bond motifs is 1. The summed E-state index contributed by atoms with van der Waals surface area (Å²) in [6.45, 7) is 0. The molecule has 1 nitrogen and oxygen atoms in total. The van der Waals surface area contributed by atoms with Gasteiger partial charge in [-0.1, -0.05) is 29.7 Å². The topological polar surface area (TPSA) is 9.23 Å². The molecule has 0 unspecified atom stereocenters. The second kappa shape index (κ2) is 9.06. The van der Waals surface area contributed by atoms with Crippen molar-refractivity contribution in [1.82, 2.24) is 0 Å². The number of rotatable bonds is 1. The van der Waals surface area contributed by atoms with Crippen molar-refractivity contribution in [2.75, 3.05) is 7.11 Å². The summed E-state index contributed by atoms with van der Waals surface area (Å²) in [5.41, 5.74) is 0.912. The average molecular weight is 448 g/mol. The Morgan fingerprint density at radius 2 is 1.18 bits per heavy atom. The van der Waals surface area contributed by atoms with Crippen LogP contribution in [-0.2, 0) is 0 Å². The first-order valence-electron chi connectivity index (χ1n) is 9.60. The maximum absolute atomic E-state index is 14.5. The lowest BCUT2D eigenvalue weighted by Crippen LogP contribution is -1.92. The zero-order chi connectivity index (χ0) is 23.5. The van der Waals surface area contributed by atoms with Gasteiger partial charge in [-0.05, 0) is 53.9 Å². The fourth-order valence-corrected chi connectivity index (χ4v) is 3.08. The molecular weight excluding hydrogens is 435 g/mol. The van der Waals surface area contributed by atoms with Crippen molar-refractivity contribution in [2.24, 2.45) is 0 Å². The van der Waals surface area contributed by atoms with Crippen molar-refractivity contribution in [1.29, 1.82) is 0 Å². The van der Waals surface area contributed by atoms with Crippen LogP contribution in [-0.4, -0.2) is 7.11 Å². The predicted molar refractivity (Wildman–Crippen MR) is 115 cm³/mol. The minimum absolute atomic E-state index is 0.0766. The fraction of sp³-hybridized carbons (Fsp3) is 0.0370. The zero-order valence-electron chi connectivity index (χ0n) is 17.1. The Kier molecular flexibility index (Phi) is 6.02. The van der Waals surface area contributed by atoms with Crippen LogP contribution >= 0.6 is 0 Å². The molecule has 6 heteroatoms. The van der Waals surface area contributed by atoms with Gasteiger partial charge in [-0.15, -0.1) is 0 Å². The lowest BCUT2D eigenvalue weighted by Gasteiger charge is -2.02. The summed E-state index contributed by atoms with van der Waals surface area (Å²) >= 11 is 0. The van der Waals surface area contributed by atoms with Crippen molar-refractivity contribution < 1.29 is 26.7 Å². The van der Waals surface area contributed by atoms with Gasteiger partial charge in [0.05, 0.1) is 18.2 Å². The van der Waals surface area contributed by atoms with Gasteiger partial charge in [0, 0.05) is 22.6 Å². The molecule has 0 spiro atoms. The van der Waals surface area contributed by atoms with E-state index in [0.717, 1.165) is 6.07 Å². The highest BCUT2D eigenvalue weighted by atomic mass is 19.2. The van der Waals surface area contributed by atoms with Gasteiger partial charge in [-0.25, -0.2) is 22.0 Å². The van der Waals surface area contributed by atoms with Gasteiger partial charge in [0.1, 0.15) is 17.4 Å². The van der Waals surface area contributed by atoms with E-state index in [4.69, 9.17) is 4.74 Å². The highest BCUT2D eigenvalue weighted by Gasteiger charge is 2.13. The van der Waals surface area contributed by atoms with E-state index < -0.39 is 29.1 Å².